The van der Waals surface area contributed by atoms with Crippen LogP contribution in [0, 0.1) is 16.0 Å². The van der Waals surface area contributed by atoms with E-state index in [0.717, 1.165) is 5.56 Å². The summed E-state index contributed by atoms with van der Waals surface area (Å²) >= 11 is 0. The highest BCUT2D eigenvalue weighted by Gasteiger charge is 2.28. The molecule has 0 spiro atoms. The molecule has 0 saturated heterocycles. The van der Waals surface area contributed by atoms with Crippen molar-refractivity contribution in [3.05, 3.63) is 70.3 Å². The lowest BCUT2D eigenvalue weighted by molar-refractivity contribution is -0.384. The molecule has 0 aliphatic heterocycles. The lowest BCUT2D eigenvalue weighted by Gasteiger charge is -2.22. The van der Waals surface area contributed by atoms with Crippen molar-refractivity contribution >= 4 is 17.7 Å². The van der Waals surface area contributed by atoms with E-state index in [9.17, 15) is 19.7 Å². The molecule has 0 fully saturated rings. The second-order valence-electron chi connectivity index (χ2n) is 6.24. The number of carbonyl (C=O) groups excluding carboxylic acids is 2. The van der Waals surface area contributed by atoms with Gasteiger partial charge in [-0.25, -0.2) is 9.59 Å². The van der Waals surface area contributed by atoms with E-state index in [4.69, 9.17) is 9.47 Å². The third kappa shape index (κ3) is 6.08. The topological polar surface area (TPSA) is 108 Å². The SMILES string of the molecule is CCC(C)[C@H](NC(=O)OCc1ccccc1)C(=O)Oc1ccc([N+](=O)[O-])cc1. The molecule has 1 N–H and O–H groups in total. The number of nitrogens with zero attached hydrogens (tertiary/aromatic N) is 1. The lowest BCUT2D eigenvalue weighted by atomic mass is 9.99. The largest absolute Gasteiger partial charge is 0.445 e. The van der Waals surface area contributed by atoms with Crippen molar-refractivity contribution in [2.24, 2.45) is 5.92 Å². The third-order valence-corrected chi connectivity index (χ3v) is 4.22. The number of ether oxygens (including phenoxy) is 2. The van der Waals surface area contributed by atoms with Gasteiger partial charge < -0.3 is 14.8 Å². The summed E-state index contributed by atoms with van der Waals surface area (Å²) in [7, 11) is 0. The molecule has 8 heteroatoms. The summed E-state index contributed by atoms with van der Waals surface area (Å²) < 4.78 is 10.4. The Bertz CT molecular complexity index is 807. The van der Waals surface area contributed by atoms with E-state index in [0.29, 0.717) is 6.42 Å². The van der Waals surface area contributed by atoms with Crippen LogP contribution in [0.4, 0.5) is 10.5 Å². The summed E-state index contributed by atoms with van der Waals surface area (Å²) in [6.45, 7) is 3.77. The highest BCUT2D eigenvalue weighted by Crippen LogP contribution is 2.19. The first kappa shape index (κ1) is 20.9. The van der Waals surface area contributed by atoms with Crippen LogP contribution in [-0.2, 0) is 16.1 Å². The van der Waals surface area contributed by atoms with Crippen molar-refractivity contribution in [1.29, 1.82) is 0 Å². The van der Waals surface area contributed by atoms with Gasteiger partial charge in [0, 0.05) is 12.1 Å². The van der Waals surface area contributed by atoms with E-state index in [1.54, 1.807) is 6.92 Å². The lowest BCUT2D eigenvalue weighted by Crippen LogP contribution is -2.47. The fraction of sp³-hybridized carbons (Fsp3) is 0.300. The highest BCUT2D eigenvalue weighted by atomic mass is 16.6. The van der Waals surface area contributed by atoms with Gasteiger partial charge in [-0.2, -0.15) is 0 Å². The Hall–Kier alpha value is -3.42. The first-order valence-corrected chi connectivity index (χ1v) is 8.84. The second-order valence-corrected chi connectivity index (χ2v) is 6.24. The molecule has 0 aliphatic rings. The molecule has 0 aromatic heterocycles. The van der Waals surface area contributed by atoms with Crippen molar-refractivity contribution in [3.63, 3.8) is 0 Å². The molecule has 2 rings (SSSR count). The van der Waals surface area contributed by atoms with Gasteiger partial charge in [-0.1, -0.05) is 50.6 Å². The Morgan fingerprint density at radius 3 is 2.32 bits per heavy atom. The van der Waals surface area contributed by atoms with Gasteiger partial charge in [-0.15, -0.1) is 0 Å². The molecule has 0 aliphatic carbocycles. The molecule has 0 saturated carbocycles. The predicted octanol–water partition coefficient (Wildman–Crippen LogP) is 3.84. The summed E-state index contributed by atoms with van der Waals surface area (Å²) in [6.07, 6.45) is -0.103. The maximum Gasteiger partial charge on any atom is 0.408 e. The van der Waals surface area contributed by atoms with Gasteiger partial charge in [0.15, 0.2) is 0 Å². The van der Waals surface area contributed by atoms with Crippen LogP contribution in [0.2, 0.25) is 0 Å². The number of hydrogen-bond acceptors (Lipinski definition) is 6. The summed E-state index contributed by atoms with van der Waals surface area (Å²) in [5.74, 6) is -0.710. The van der Waals surface area contributed by atoms with Crippen molar-refractivity contribution in [3.8, 4) is 5.75 Å². The zero-order valence-corrected chi connectivity index (χ0v) is 15.7. The van der Waals surface area contributed by atoms with E-state index < -0.39 is 23.0 Å². The van der Waals surface area contributed by atoms with E-state index in [-0.39, 0.29) is 24.0 Å². The maximum atomic E-state index is 12.5. The fourth-order valence-corrected chi connectivity index (χ4v) is 2.38. The summed E-state index contributed by atoms with van der Waals surface area (Å²) in [6, 6.07) is 13.4. The van der Waals surface area contributed by atoms with Gasteiger partial charge >= 0.3 is 12.1 Å². The number of benzene rings is 2. The van der Waals surface area contributed by atoms with Gasteiger partial charge in [-0.05, 0) is 23.6 Å². The number of hydrogen-bond donors (Lipinski definition) is 1. The molecule has 0 heterocycles. The molecule has 2 aromatic rings. The van der Waals surface area contributed by atoms with Crippen molar-refractivity contribution in [2.45, 2.75) is 32.9 Å². The van der Waals surface area contributed by atoms with E-state index in [1.807, 2.05) is 37.3 Å². The highest BCUT2D eigenvalue weighted by molar-refractivity contribution is 5.83. The Balaban J connectivity index is 1.98. The zero-order chi connectivity index (χ0) is 20.5. The number of nitrogens with one attached hydrogen (secondary N) is 1. The van der Waals surface area contributed by atoms with Gasteiger partial charge in [0.05, 0.1) is 4.92 Å². The Kier molecular flexibility index (Phi) is 7.50. The van der Waals surface area contributed by atoms with Gasteiger partial charge in [-0.3, -0.25) is 10.1 Å². The van der Waals surface area contributed by atoms with Gasteiger partial charge in [0.2, 0.25) is 0 Å². The molecule has 148 valence electrons. The molecule has 28 heavy (non-hydrogen) atoms. The number of alkyl carbamates (subject to hydrolysis) is 1. The first-order valence-electron chi connectivity index (χ1n) is 8.84. The maximum absolute atomic E-state index is 12.5. The standard InChI is InChI=1S/C20H22N2O6/c1-3-14(2)18(21-20(24)27-13-15-7-5-4-6-8-15)19(23)28-17-11-9-16(10-12-17)22(25)26/h4-12,14,18H,3,13H2,1-2H3,(H,21,24)/t14?,18-/m0/s1. The Morgan fingerprint density at radius 1 is 1.11 bits per heavy atom. The van der Waals surface area contributed by atoms with Gasteiger partial charge in [0.1, 0.15) is 18.4 Å². The molecule has 2 atom stereocenters. The van der Waals surface area contributed by atoms with Crippen LogP contribution in [0.15, 0.2) is 54.6 Å². The van der Waals surface area contributed by atoms with Crippen LogP contribution >= 0.6 is 0 Å². The number of esters is 1. The molecule has 0 bridgehead atoms. The smallest absolute Gasteiger partial charge is 0.408 e. The molecular formula is C20H22N2O6. The number of carbonyl (C=O) groups is 2. The van der Waals surface area contributed by atoms with Gasteiger partial charge in [0.25, 0.3) is 5.69 Å². The van der Waals surface area contributed by atoms with Crippen LogP contribution in [0.5, 0.6) is 5.75 Å². The number of rotatable bonds is 8. The van der Waals surface area contributed by atoms with E-state index in [1.165, 1.54) is 24.3 Å². The quantitative estimate of drug-likeness (QED) is 0.320. The normalized spacial score (nSPS) is 12.5. The van der Waals surface area contributed by atoms with Crippen LogP contribution in [-0.4, -0.2) is 23.0 Å². The third-order valence-electron chi connectivity index (χ3n) is 4.22. The number of amides is 1. The van der Waals surface area contributed by atoms with E-state index >= 15 is 0 Å². The molecule has 8 nitrogen and oxygen atoms in total. The van der Waals surface area contributed by atoms with Crippen molar-refractivity contribution in [2.75, 3.05) is 0 Å². The van der Waals surface area contributed by atoms with Crippen molar-refractivity contribution in [1.82, 2.24) is 5.32 Å². The van der Waals surface area contributed by atoms with Crippen molar-refractivity contribution < 1.29 is 24.0 Å². The second kappa shape index (κ2) is 10.1. The van der Waals surface area contributed by atoms with Crippen LogP contribution in [0.25, 0.3) is 0 Å². The number of nitro groups is 1. The fourth-order valence-electron chi connectivity index (χ4n) is 2.38. The average molecular weight is 386 g/mol. The molecule has 1 amide bonds. The minimum atomic E-state index is -0.913. The van der Waals surface area contributed by atoms with Crippen LogP contribution in [0.3, 0.4) is 0 Å². The summed E-state index contributed by atoms with van der Waals surface area (Å²) in [5, 5.41) is 13.2. The molecule has 0 radical (unpaired) electrons. The molecule has 1 unspecified atom stereocenters. The van der Waals surface area contributed by atoms with E-state index in [2.05, 4.69) is 5.32 Å². The monoisotopic (exact) mass is 386 g/mol. The number of non-ortho nitro benzene ring substituents is 1. The van der Waals surface area contributed by atoms with Crippen LogP contribution in [0.1, 0.15) is 25.8 Å². The molecular weight excluding hydrogens is 364 g/mol. The summed E-state index contributed by atoms with van der Waals surface area (Å²) in [5.41, 5.74) is 0.715. The van der Waals surface area contributed by atoms with Crippen LogP contribution < -0.4 is 10.1 Å². The first-order chi connectivity index (χ1) is 13.4. The molecule has 2 aromatic carbocycles. The average Bonchev–Trinajstić information content (AvgIpc) is 2.71. The Morgan fingerprint density at radius 2 is 1.75 bits per heavy atom. The number of nitro benzene ring substituents is 1. The summed E-state index contributed by atoms with van der Waals surface area (Å²) in [4.78, 5) is 34.8. The Labute approximate surface area is 162 Å². The predicted molar refractivity (Wildman–Crippen MR) is 102 cm³/mol. The minimum Gasteiger partial charge on any atom is -0.445 e. The zero-order valence-electron chi connectivity index (χ0n) is 15.7. The minimum absolute atomic E-state index is 0.0807.